The largest absolute Gasteiger partial charge is 0.369 e. The van der Waals surface area contributed by atoms with Crippen molar-refractivity contribution in [3.63, 3.8) is 0 Å². The van der Waals surface area contributed by atoms with Gasteiger partial charge in [-0.05, 0) is 0 Å². The Bertz CT molecular complexity index is 274. The maximum Gasteiger partial charge on any atom is 0.112 e. The second-order valence-corrected chi connectivity index (χ2v) is 4.25. The molecule has 1 aromatic rings. The number of ether oxygens (including phenoxy) is 1. The van der Waals surface area contributed by atoms with Crippen LogP contribution in [-0.4, -0.2) is 9.97 Å². The molecule has 1 aromatic heterocycles. The van der Waals surface area contributed by atoms with Gasteiger partial charge in [0.1, 0.15) is 5.82 Å². The normalized spacial score (nSPS) is 16.6. The minimum absolute atomic E-state index is 0.115. The van der Waals surface area contributed by atoms with E-state index in [2.05, 4.69) is 30.7 Å². The minimum atomic E-state index is 0.115. The van der Waals surface area contributed by atoms with Gasteiger partial charge >= 0.3 is 0 Å². The lowest BCUT2D eigenvalue weighted by Gasteiger charge is -2.14. The highest BCUT2D eigenvalue weighted by Gasteiger charge is 2.23. The Balaban J connectivity index is 2.38. The molecule has 0 saturated heterocycles. The predicted molar refractivity (Wildman–Crippen MR) is 45.8 cm³/mol. The van der Waals surface area contributed by atoms with Crippen LogP contribution in [0.25, 0.3) is 0 Å². The quantitative estimate of drug-likeness (QED) is 0.637. The van der Waals surface area contributed by atoms with E-state index in [0.29, 0.717) is 13.2 Å². The lowest BCUT2D eigenvalue weighted by atomic mass is 9.96. The minimum Gasteiger partial charge on any atom is -0.369 e. The van der Waals surface area contributed by atoms with E-state index in [1.807, 2.05) is 0 Å². The number of aromatic nitrogens is 2. The van der Waals surface area contributed by atoms with Crippen molar-refractivity contribution < 1.29 is 4.74 Å². The first kappa shape index (κ1) is 7.80. The molecule has 0 amide bonds. The molecule has 0 aromatic carbocycles. The zero-order valence-electron chi connectivity index (χ0n) is 7.77. The molecule has 3 nitrogen and oxygen atoms in total. The molecule has 0 fully saturated rings. The van der Waals surface area contributed by atoms with Crippen molar-refractivity contribution in [3.05, 3.63) is 17.2 Å². The highest BCUT2D eigenvalue weighted by Crippen LogP contribution is 2.24. The van der Waals surface area contributed by atoms with Crippen molar-refractivity contribution in [2.45, 2.75) is 39.4 Å². The summed E-state index contributed by atoms with van der Waals surface area (Å²) in [4.78, 5) is 7.78. The van der Waals surface area contributed by atoms with Gasteiger partial charge < -0.3 is 9.72 Å². The monoisotopic (exact) mass is 166 g/mol. The van der Waals surface area contributed by atoms with Gasteiger partial charge in [0.05, 0.1) is 24.6 Å². The van der Waals surface area contributed by atoms with Crippen LogP contribution in [0.1, 0.15) is 38.0 Å². The van der Waals surface area contributed by atoms with E-state index in [1.54, 1.807) is 0 Å². The van der Waals surface area contributed by atoms with Gasteiger partial charge in [0.15, 0.2) is 0 Å². The molecule has 0 saturated carbocycles. The molecule has 0 radical (unpaired) electrons. The molecular formula is C9H14N2O. The van der Waals surface area contributed by atoms with Gasteiger partial charge in [0.25, 0.3) is 0 Å². The first-order chi connectivity index (χ1) is 5.57. The lowest BCUT2D eigenvalue weighted by molar-refractivity contribution is 0.130. The van der Waals surface area contributed by atoms with Crippen LogP contribution in [-0.2, 0) is 23.4 Å². The Morgan fingerprint density at radius 2 is 2.08 bits per heavy atom. The summed E-state index contributed by atoms with van der Waals surface area (Å²) in [5.41, 5.74) is 2.35. The van der Waals surface area contributed by atoms with Gasteiger partial charge in [0.2, 0.25) is 0 Å². The second-order valence-electron chi connectivity index (χ2n) is 4.25. The SMILES string of the molecule is CC(C)(C)c1nc2c([nH]1)COC2. The van der Waals surface area contributed by atoms with Gasteiger partial charge in [-0.15, -0.1) is 0 Å². The van der Waals surface area contributed by atoms with Gasteiger partial charge in [-0.2, -0.15) is 0 Å². The van der Waals surface area contributed by atoms with Gasteiger partial charge in [-0.25, -0.2) is 4.98 Å². The van der Waals surface area contributed by atoms with Crippen LogP contribution < -0.4 is 0 Å². The molecule has 0 aliphatic carbocycles. The van der Waals surface area contributed by atoms with Crippen molar-refractivity contribution in [2.24, 2.45) is 0 Å². The summed E-state index contributed by atoms with van der Waals surface area (Å²) in [6.07, 6.45) is 0. The lowest BCUT2D eigenvalue weighted by Crippen LogP contribution is -2.13. The zero-order valence-corrected chi connectivity index (χ0v) is 7.77. The van der Waals surface area contributed by atoms with Gasteiger partial charge in [-0.1, -0.05) is 20.8 Å². The average molecular weight is 166 g/mol. The maximum atomic E-state index is 5.23. The smallest absolute Gasteiger partial charge is 0.112 e. The predicted octanol–water partition coefficient (Wildman–Crippen LogP) is 1.74. The Morgan fingerprint density at radius 3 is 2.67 bits per heavy atom. The van der Waals surface area contributed by atoms with Crippen LogP contribution in [0, 0.1) is 0 Å². The topological polar surface area (TPSA) is 37.9 Å². The molecule has 2 heterocycles. The van der Waals surface area contributed by atoms with Crippen molar-refractivity contribution in [1.29, 1.82) is 0 Å². The third-order valence-electron chi connectivity index (χ3n) is 2.06. The van der Waals surface area contributed by atoms with E-state index >= 15 is 0 Å². The average Bonchev–Trinajstić information content (AvgIpc) is 2.37. The van der Waals surface area contributed by atoms with E-state index in [1.165, 1.54) is 0 Å². The summed E-state index contributed by atoms with van der Waals surface area (Å²) >= 11 is 0. The van der Waals surface area contributed by atoms with Crippen LogP contribution in [0.15, 0.2) is 0 Å². The summed E-state index contributed by atoms with van der Waals surface area (Å²) in [6.45, 7) is 7.83. The number of rotatable bonds is 0. The summed E-state index contributed by atoms with van der Waals surface area (Å²) in [6, 6.07) is 0. The number of nitrogens with one attached hydrogen (secondary N) is 1. The molecule has 12 heavy (non-hydrogen) atoms. The molecule has 1 aliphatic heterocycles. The number of fused-ring (bicyclic) bond motifs is 1. The number of H-pyrrole nitrogens is 1. The number of aromatic amines is 1. The van der Waals surface area contributed by atoms with Crippen LogP contribution in [0.4, 0.5) is 0 Å². The Morgan fingerprint density at radius 1 is 1.33 bits per heavy atom. The number of imidazole rings is 1. The van der Waals surface area contributed by atoms with Crippen LogP contribution >= 0.6 is 0 Å². The van der Waals surface area contributed by atoms with E-state index in [4.69, 9.17) is 4.74 Å². The van der Waals surface area contributed by atoms with Crippen LogP contribution in [0.2, 0.25) is 0 Å². The Labute approximate surface area is 72.2 Å². The summed E-state index contributed by atoms with van der Waals surface area (Å²) in [5, 5.41) is 0. The molecule has 1 aliphatic rings. The fraction of sp³-hybridized carbons (Fsp3) is 0.667. The molecule has 0 spiro atoms. The second kappa shape index (κ2) is 2.33. The Hall–Kier alpha value is -0.830. The van der Waals surface area contributed by atoms with E-state index in [9.17, 15) is 0 Å². The summed E-state index contributed by atoms with van der Waals surface area (Å²) in [7, 11) is 0. The van der Waals surface area contributed by atoms with Crippen molar-refractivity contribution in [2.75, 3.05) is 0 Å². The van der Waals surface area contributed by atoms with E-state index < -0.39 is 0 Å². The van der Waals surface area contributed by atoms with E-state index in [0.717, 1.165) is 17.2 Å². The third-order valence-corrected chi connectivity index (χ3v) is 2.06. The standard InChI is InChI=1S/C9H14N2O/c1-9(2,3)8-10-6-4-12-5-7(6)11-8/h4-5H2,1-3H3,(H,10,11). The zero-order chi connectivity index (χ0) is 8.77. The first-order valence-corrected chi connectivity index (χ1v) is 4.23. The summed E-state index contributed by atoms with van der Waals surface area (Å²) < 4.78 is 5.23. The maximum absolute atomic E-state index is 5.23. The third kappa shape index (κ3) is 1.14. The van der Waals surface area contributed by atoms with Gasteiger partial charge in [-0.3, -0.25) is 0 Å². The molecule has 1 N–H and O–H groups in total. The van der Waals surface area contributed by atoms with Crippen LogP contribution in [0.5, 0.6) is 0 Å². The summed E-state index contributed by atoms with van der Waals surface area (Å²) in [5.74, 6) is 1.07. The van der Waals surface area contributed by atoms with Crippen molar-refractivity contribution in [3.8, 4) is 0 Å². The molecule has 0 bridgehead atoms. The Kier molecular flexibility index (Phi) is 1.51. The fourth-order valence-electron chi connectivity index (χ4n) is 1.29. The molecular weight excluding hydrogens is 152 g/mol. The van der Waals surface area contributed by atoms with Crippen molar-refractivity contribution >= 4 is 0 Å². The molecule has 0 unspecified atom stereocenters. The molecule has 66 valence electrons. The molecule has 2 rings (SSSR count). The molecule has 0 atom stereocenters. The van der Waals surface area contributed by atoms with Crippen molar-refractivity contribution in [1.82, 2.24) is 9.97 Å². The number of hydrogen-bond acceptors (Lipinski definition) is 2. The molecule has 3 heteroatoms. The first-order valence-electron chi connectivity index (χ1n) is 4.23. The number of nitrogens with zero attached hydrogens (tertiary/aromatic N) is 1. The van der Waals surface area contributed by atoms with E-state index in [-0.39, 0.29) is 5.41 Å². The van der Waals surface area contributed by atoms with Gasteiger partial charge in [0, 0.05) is 5.41 Å². The van der Waals surface area contributed by atoms with Crippen LogP contribution in [0.3, 0.4) is 0 Å². The highest BCUT2D eigenvalue weighted by atomic mass is 16.5. The highest BCUT2D eigenvalue weighted by molar-refractivity contribution is 5.19. The number of hydrogen-bond donors (Lipinski definition) is 1. The fourth-order valence-corrected chi connectivity index (χ4v) is 1.29.